The second kappa shape index (κ2) is 9.57. The number of benzene rings is 2. The topological polar surface area (TPSA) is 58.2 Å². The van der Waals surface area contributed by atoms with Crippen LogP contribution in [0.2, 0.25) is 10.0 Å². The lowest BCUT2D eigenvalue weighted by Gasteiger charge is -2.08. The smallest absolute Gasteiger partial charge is 0.253 e. The van der Waals surface area contributed by atoms with Crippen molar-refractivity contribution < 1.29 is 9.59 Å². The Morgan fingerprint density at radius 1 is 0.958 bits per heavy atom. The Morgan fingerprint density at radius 2 is 1.67 bits per heavy atom. The Bertz CT molecular complexity index is 708. The molecule has 0 aliphatic heterocycles. The van der Waals surface area contributed by atoms with E-state index < -0.39 is 0 Å². The fraction of sp³-hybridized carbons (Fsp3) is 0.176. The molecule has 0 radical (unpaired) electrons. The highest BCUT2D eigenvalue weighted by Gasteiger charge is 2.10. The minimum Gasteiger partial charge on any atom is -0.354 e. The predicted molar refractivity (Wildman–Crippen MR) is 99.0 cm³/mol. The number of halogens is 2. The summed E-state index contributed by atoms with van der Waals surface area (Å²) in [4.78, 5) is 24.7. The summed E-state index contributed by atoms with van der Waals surface area (Å²) in [6.07, 6.45) is 0. The summed E-state index contributed by atoms with van der Waals surface area (Å²) in [5.41, 5.74) is 0.352. The van der Waals surface area contributed by atoms with Crippen molar-refractivity contribution in [1.29, 1.82) is 0 Å². The van der Waals surface area contributed by atoms with Crippen LogP contribution in [0.1, 0.15) is 10.4 Å². The number of hydrogen-bond donors (Lipinski definition) is 2. The fourth-order valence-corrected chi connectivity index (χ4v) is 2.97. The molecule has 4 nitrogen and oxygen atoms in total. The van der Waals surface area contributed by atoms with E-state index in [2.05, 4.69) is 10.6 Å². The minimum atomic E-state index is -0.369. The second-order valence-corrected chi connectivity index (χ2v) is 6.83. The van der Waals surface area contributed by atoms with Crippen LogP contribution in [0.3, 0.4) is 0 Å². The van der Waals surface area contributed by atoms with Crippen molar-refractivity contribution in [2.75, 3.05) is 18.8 Å². The van der Waals surface area contributed by atoms with Crippen LogP contribution in [0.25, 0.3) is 0 Å². The molecule has 0 heterocycles. The number of amides is 2. The molecule has 2 N–H and O–H groups in total. The molecule has 126 valence electrons. The second-order valence-electron chi connectivity index (χ2n) is 4.81. The van der Waals surface area contributed by atoms with E-state index in [1.165, 1.54) is 0 Å². The third-order valence-corrected chi connectivity index (χ3v) is 4.63. The van der Waals surface area contributed by atoms with Gasteiger partial charge in [-0.25, -0.2) is 0 Å². The zero-order valence-corrected chi connectivity index (χ0v) is 15.0. The highest BCUT2D eigenvalue weighted by atomic mass is 35.5. The Hall–Kier alpha value is -1.69. The number of carbonyl (C=O) groups excluding carboxylic acids is 2. The van der Waals surface area contributed by atoms with Gasteiger partial charge < -0.3 is 10.6 Å². The summed E-state index contributed by atoms with van der Waals surface area (Å²) in [7, 11) is 0. The predicted octanol–water partition coefficient (Wildman–Crippen LogP) is 3.63. The molecule has 2 aromatic rings. The van der Waals surface area contributed by atoms with Gasteiger partial charge in [-0.15, -0.1) is 11.8 Å². The molecule has 0 aromatic heterocycles. The van der Waals surface area contributed by atoms with E-state index in [0.717, 1.165) is 10.6 Å². The third-order valence-electron chi connectivity index (χ3n) is 3.03. The first-order valence-electron chi connectivity index (χ1n) is 7.24. The zero-order valence-electron chi connectivity index (χ0n) is 12.7. The molecule has 0 aliphatic carbocycles. The summed E-state index contributed by atoms with van der Waals surface area (Å²) >= 11 is 13.4. The Balaban J connectivity index is 1.65. The summed E-state index contributed by atoms with van der Waals surface area (Å²) in [6.45, 7) is 0.420. The van der Waals surface area contributed by atoms with Crippen LogP contribution in [0.15, 0.2) is 53.4 Å². The molecular weight excluding hydrogens is 367 g/mol. The molecule has 0 fully saturated rings. The molecule has 24 heavy (non-hydrogen) atoms. The first kappa shape index (κ1) is 18.6. The molecule has 2 amide bonds. The lowest BCUT2D eigenvalue weighted by molar-refractivity contribution is -0.120. The molecule has 7 heteroatoms. The quantitative estimate of drug-likeness (QED) is 0.567. The molecule has 0 spiro atoms. The number of carbonyl (C=O) groups is 2. The molecular formula is C17H16Cl2N2O2S. The minimum absolute atomic E-state index is 0.0876. The van der Waals surface area contributed by atoms with Crippen LogP contribution in [-0.4, -0.2) is 30.7 Å². The van der Waals surface area contributed by atoms with Gasteiger partial charge in [-0.2, -0.15) is 0 Å². The van der Waals surface area contributed by atoms with Gasteiger partial charge >= 0.3 is 0 Å². The first-order valence-corrected chi connectivity index (χ1v) is 8.98. The highest BCUT2D eigenvalue weighted by Crippen LogP contribution is 2.19. The number of rotatable bonds is 7. The SMILES string of the molecule is O=C(CNC(=O)c1ccccc1Cl)NCCSc1ccc(Cl)cc1. The standard InChI is InChI=1S/C17H16Cl2N2O2S/c18-12-5-7-13(8-6-12)24-10-9-20-16(22)11-21-17(23)14-3-1-2-4-15(14)19/h1-8H,9-11H2,(H,20,22)(H,21,23). The molecule has 0 saturated carbocycles. The van der Waals surface area contributed by atoms with Gasteiger partial charge in [0.05, 0.1) is 17.1 Å². The van der Waals surface area contributed by atoms with Crippen molar-refractivity contribution in [3.8, 4) is 0 Å². The molecule has 2 aromatic carbocycles. The van der Waals surface area contributed by atoms with E-state index in [0.29, 0.717) is 22.2 Å². The highest BCUT2D eigenvalue weighted by molar-refractivity contribution is 7.99. The maximum Gasteiger partial charge on any atom is 0.253 e. The van der Waals surface area contributed by atoms with Gasteiger partial charge in [0.15, 0.2) is 0 Å². The van der Waals surface area contributed by atoms with Crippen molar-refractivity contribution in [3.05, 3.63) is 64.1 Å². The van der Waals surface area contributed by atoms with Crippen molar-refractivity contribution in [2.24, 2.45) is 0 Å². The van der Waals surface area contributed by atoms with Crippen molar-refractivity contribution >= 4 is 46.8 Å². The van der Waals surface area contributed by atoms with Crippen LogP contribution < -0.4 is 10.6 Å². The number of hydrogen-bond acceptors (Lipinski definition) is 3. The molecule has 0 unspecified atom stereocenters. The Kier molecular flexibility index (Phi) is 7.43. The normalized spacial score (nSPS) is 10.2. The molecule has 0 aliphatic rings. The van der Waals surface area contributed by atoms with Crippen LogP contribution in [0, 0.1) is 0 Å². The number of nitrogens with one attached hydrogen (secondary N) is 2. The third kappa shape index (κ3) is 6.07. The maximum absolute atomic E-state index is 11.9. The monoisotopic (exact) mass is 382 g/mol. The molecule has 0 saturated heterocycles. The maximum atomic E-state index is 11.9. The van der Waals surface area contributed by atoms with E-state index in [4.69, 9.17) is 23.2 Å². The summed E-state index contributed by atoms with van der Waals surface area (Å²) in [5, 5.41) is 6.35. The van der Waals surface area contributed by atoms with Crippen molar-refractivity contribution in [3.63, 3.8) is 0 Å². The van der Waals surface area contributed by atoms with Crippen molar-refractivity contribution in [2.45, 2.75) is 4.90 Å². The van der Waals surface area contributed by atoms with E-state index in [-0.39, 0.29) is 18.4 Å². The van der Waals surface area contributed by atoms with Crippen molar-refractivity contribution in [1.82, 2.24) is 10.6 Å². The molecule has 0 bridgehead atoms. The van der Waals surface area contributed by atoms with Gasteiger partial charge in [0.2, 0.25) is 5.91 Å². The van der Waals surface area contributed by atoms with E-state index in [1.807, 2.05) is 24.3 Å². The van der Waals surface area contributed by atoms with Gasteiger partial charge in [0, 0.05) is 22.2 Å². The zero-order chi connectivity index (χ0) is 17.4. The number of thioether (sulfide) groups is 1. The lowest BCUT2D eigenvalue weighted by atomic mass is 10.2. The fourth-order valence-electron chi connectivity index (χ4n) is 1.85. The van der Waals surface area contributed by atoms with Gasteiger partial charge in [0.1, 0.15) is 0 Å². The summed E-state index contributed by atoms with van der Waals surface area (Å²) in [6, 6.07) is 14.2. The lowest BCUT2D eigenvalue weighted by Crippen LogP contribution is -2.37. The molecule has 2 rings (SSSR count). The van der Waals surface area contributed by atoms with E-state index in [1.54, 1.807) is 36.0 Å². The van der Waals surface area contributed by atoms with Crippen LogP contribution in [-0.2, 0) is 4.79 Å². The van der Waals surface area contributed by atoms with Gasteiger partial charge in [-0.3, -0.25) is 9.59 Å². The Labute approximate surface area is 154 Å². The Morgan fingerprint density at radius 3 is 2.38 bits per heavy atom. The van der Waals surface area contributed by atoms with Gasteiger partial charge in [-0.1, -0.05) is 35.3 Å². The van der Waals surface area contributed by atoms with Gasteiger partial charge in [0.25, 0.3) is 5.91 Å². The van der Waals surface area contributed by atoms with E-state index in [9.17, 15) is 9.59 Å². The van der Waals surface area contributed by atoms with Crippen LogP contribution in [0.4, 0.5) is 0 Å². The van der Waals surface area contributed by atoms with E-state index >= 15 is 0 Å². The summed E-state index contributed by atoms with van der Waals surface area (Å²) < 4.78 is 0. The van der Waals surface area contributed by atoms with Crippen LogP contribution >= 0.6 is 35.0 Å². The molecule has 0 atom stereocenters. The first-order chi connectivity index (χ1) is 11.6. The van der Waals surface area contributed by atoms with Crippen LogP contribution in [0.5, 0.6) is 0 Å². The largest absolute Gasteiger partial charge is 0.354 e. The van der Waals surface area contributed by atoms with Gasteiger partial charge in [-0.05, 0) is 36.4 Å². The average Bonchev–Trinajstić information content (AvgIpc) is 2.58. The average molecular weight is 383 g/mol. The summed E-state index contributed by atoms with van der Waals surface area (Å²) in [5.74, 6) is 0.115.